The molecule has 1 atom stereocenters. The molecule has 2 rings (SSSR count). The molecule has 2 heteroatoms. The standard InChI is InChI=1S/C11H20O2/c12-10-4-1-9(2-5-10)3-6-11-7-8-13-11/h9-12H,1-8H2. The van der Waals surface area contributed by atoms with Gasteiger partial charge in [-0.25, -0.2) is 0 Å². The molecule has 1 aliphatic heterocycles. The molecule has 1 heterocycles. The van der Waals surface area contributed by atoms with Crippen molar-refractivity contribution in [2.45, 2.75) is 57.2 Å². The molecule has 0 radical (unpaired) electrons. The van der Waals surface area contributed by atoms with Crippen molar-refractivity contribution in [1.29, 1.82) is 0 Å². The molecule has 0 aromatic carbocycles. The monoisotopic (exact) mass is 184 g/mol. The highest BCUT2D eigenvalue weighted by Gasteiger charge is 2.23. The second-order valence-electron chi connectivity index (χ2n) is 4.53. The van der Waals surface area contributed by atoms with Crippen LogP contribution in [0.5, 0.6) is 0 Å². The number of aliphatic hydroxyl groups is 1. The zero-order chi connectivity index (χ0) is 9.10. The molecule has 1 saturated heterocycles. The molecule has 0 aromatic rings. The van der Waals surface area contributed by atoms with Gasteiger partial charge in [0.25, 0.3) is 0 Å². The van der Waals surface area contributed by atoms with Crippen LogP contribution < -0.4 is 0 Å². The second kappa shape index (κ2) is 4.43. The summed E-state index contributed by atoms with van der Waals surface area (Å²) in [5.74, 6) is 0.868. The summed E-state index contributed by atoms with van der Waals surface area (Å²) in [6, 6.07) is 0. The lowest BCUT2D eigenvalue weighted by molar-refractivity contribution is -0.0584. The Labute approximate surface area is 80.3 Å². The summed E-state index contributed by atoms with van der Waals surface area (Å²) in [5.41, 5.74) is 0. The lowest BCUT2D eigenvalue weighted by Crippen LogP contribution is -2.28. The van der Waals surface area contributed by atoms with Gasteiger partial charge in [0.15, 0.2) is 0 Å². The fourth-order valence-electron chi connectivity index (χ4n) is 2.37. The minimum Gasteiger partial charge on any atom is -0.393 e. The SMILES string of the molecule is OC1CCC(CCC2CCO2)CC1. The van der Waals surface area contributed by atoms with Crippen LogP contribution in [0.3, 0.4) is 0 Å². The molecule has 0 spiro atoms. The average Bonchev–Trinajstić information content (AvgIpc) is 2.05. The third kappa shape index (κ3) is 2.68. The van der Waals surface area contributed by atoms with Crippen LogP contribution in [0.2, 0.25) is 0 Å². The largest absolute Gasteiger partial charge is 0.393 e. The van der Waals surface area contributed by atoms with E-state index in [1.807, 2.05) is 0 Å². The van der Waals surface area contributed by atoms with Crippen LogP contribution in [0, 0.1) is 5.92 Å². The maximum absolute atomic E-state index is 9.34. The fourth-order valence-corrected chi connectivity index (χ4v) is 2.37. The van der Waals surface area contributed by atoms with Gasteiger partial charge in [-0.1, -0.05) is 0 Å². The molecule has 2 fully saturated rings. The summed E-state index contributed by atoms with van der Waals surface area (Å²) in [4.78, 5) is 0. The molecule has 0 aromatic heterocycles. The molecule has 1 aliphatic carbocycles. The van der Waals surface area contributed by atoms with Crippen LogP contribution in [-0.2, 0) is 4.74 Å². The first-order chi connectivity index (χ1) is 6.34. The van der Waals surface area contributed by atoms with Crippen molar-refractivity contribution in [3.8, 4) is 0 Å². The smallest absolute Gasteiger partial charge is 0.0597 e. The van der Waals surface area contributed by atoms with E-state index in [1.54, 1.807) is 0 Å². The van der Waals surface area contributed by atoms with Crippen molar-refractivity contribution in [1.82, 2.24) is 0 Å². The topological polar surface area (TPSA) is 29.5 Å². The third-order valence-corrected chi connectivity index (χ3v) is 3.51. The van der Waals surface area contributed by atoms with Gasteiger partial charge in [0.2, 0.25) is 0 Å². The van der Waals surface area contributed by atoms with Crippen LogP contribution in [0.4, 0.5) is 0 Å². The molecule has 1 unspecified atom stereocenters. The molecule has 2 aliphatic rings. The molecule has 0 bridgehead atoms. The number of ether oxygens (including phenoxy) is 1. The highest BCUT2D eigenvalue weighted by atomic mass is 16.5. The molecule has 13 heavy (non-hydrogen) atoms. The predicted molar refractivity (Wildman–Crippen MR) is 51.6 cm³/mol. The molecular formula is C11H20O2. The maximum atomic E-state index is 9.34. The van der Waals surface area contributed by atoms with Crippen LogP contribution in [-0.4, -0.2) is 23.9 Å². The van der Waals surface area contributed by atoms with E-state index in [4.69, 9.17) is 4.74 Å². The van der Waals surface area contributed by atoms with E-state index >= 15 is 0 Å². The first-order valence-corrected chi connectivity index (χ1v) is 5.64. The quantitative estimate of drug-likeness (QED) is 0.728. The van der Waals surface area contributed by atoms with E-state index in [2.05, 4.69) is 0 Å². The zero-order valence-electron chi connectivity index (χ0n) is 8.24. The summed E-state index contributed by atoms with van der Waals surface area (Å²) in [6.45, 7) is 0.980. The minimum absolute atomic E-state index is 0.00352. The van der Waals surface area contributed by atoms with Crippen LogP contribution in [0.25, 0.3) is 0 Å². The lowest BCUT2D eigenvalue weighted by Gasteiger charge is -2.30. The van der Waals surface area contributed by atoms with E-state index < -0.39 is 0 Å². The maximum Gasteiger partial charge on any atom is 0.0597 e. The molecular weight excluding hydrogens is 164 g/mol. The van der Waals surface area contributed by atoms with Crippen LogP contribution >= 0.6 is 0 Å². The fraction of sp³-hybridized carbons (Fsp3) is 1.00. The van der Waals surface area contributed by atoms with E-state index in [1.165, 1.54) is 32.1 Å². The molecule has 1 saturated carbocycles. The summed E-state index contributed by atoms with van der Waals surface area (Å²) >= 11 is 0. The zero-order valence-corrected chi connectivity index (χ0v) is 8.24. The Bertz CT molecular complexity index is 146. The number of aliphatic hydroxyl groups excluding tert-OH is 1. The van der Waals surface area contributed by atoms with Gasteiger partial charge in [-0.2, -0.15) is 0 Å². The second-order valence-corrected chi connectivity index (χ2v) is 4.53. The minimum atomic E-state index is -0.00352. The van der Waals surface area contributed by atoms with Crippen LogP contribution in [0.1, 0.15) is 44.9 Å². The van der Waals surface area contributed by atoms with Gasteiger partial charge in [-0.3, -0.25) is 0 Å². The summed E-state index contributed by atoms with van der Waals surface area (Å²) in [7, 11) is 0. The van der Waals surface area contributed by atoms with E-state index in [0.717, 1.165) is 25.4 Å². The Morgan fingerprint density at radius 3 is 2.23 bits per heavy atom. The predicted octanol–water partition coefficient (Wildman–Crippen LogP) is 2.11. The van der Waals surface area contributed by atoms with Crippen molar-refractivity contribution >= 4 is 0 Å². The van der Waals surface area contributed by atoms with Crippen LogP contribution in [0.15, 0.2) is 0 Å². The Kier molecular flexibility index (Phi) is 3.23. The van der Waals surface area contributed by atoms with E-state index in [9.17, 15) is 5.11 Å². The number of hydrogen-bond donors (Lipinski definition) is 1. The average molecular weight is 184 g/mol. The van der Waals surface area contributed by atoms with Gasteiger partial charge >= 0.3 is 0 Å². The molecule has 76 valence electrons. The van der Waals surface area contributed by atoms with Crippen molar-refractivity contribution in [2.24, 2.45) is 5.92 Å². The highest BCUT2D eigenvalue weighted by molar-refractivity contribution is 4.74. The first-order valence-electron chi connectivity index (χ1n) is 5.64. The summed E-state index contributed by atoms with van der Waals surface area (Å²) in [5, 5.41) is 9.34. The van der Waals surface area contributed by atoms with Crippen molar-refractivity contribution in [2.75, 3.05) is 6.61 Å². The Hall–Kier alpha value is -0.0800. The number of hydrogen-bond acceptors (Lipinski definition) is 2. The first kappa shape index (κ1) is 9.47. The molecule has 1 N–H and O–H groups in total. The van der Waals surface area contributed by atoms with Crippen molar-refractivity contribution in [3.63, 3.8) is 0 Å². The van der Waals surface area contributed by atoms with Gasteiger partial charge < -0.3 is 9.84 Å². The van der Waals surface area contributed by atoms with E-state index in [0.29, 0.717) is 6.10 Å². The van der Waals surface area contributed by atoms with Crippen molar-refractivity contribution in [3.05, 3.63) is 0 Å². The Balaban J connectivity index is 1.59. The van der Waals surface area contributed by atoms with Gasteiger partial charge in [-0.15, -0.1) is 0 Å². The summed E-state index contributed by atoms with van der Waals surface area (Å²) < 4.78 is 5.39. The Morgan fingerprint density at radius 2 is 1.69 bits per heavy atom. The highest BCUT2D eigenvalue weighted by Crippen LogP contribution is 2.29. The van der Waals surface area contributed by atoms with Gasteiger partial charge in [0.1, 0.15) is 0 Å². The number of rotatable bonds is 3. The van der Waals surface area contributed by atoms with Gasteiger partial charge in [0, 0.05) is 6.61 Å². The van der Waals surface area contributed by atoms with Gasteiger partial charge in [0.05, 0.1) is 12.2 Å². The third-order valence-electron chi connectivity index (χ3n) is 3.51. The van der Waals surface area contributed by atoms with Gasteiger partial charge in [-0.05, 0) is 50.9 Å². The lowest BCUT2D eigenvalue weighted by atomic mass is 9.83. The van der Waals surface area contributed by atoms with E-state index in [-0.39, 0.29) is 6.10 Å². The molecule has 0 amide bonds. The summed E-state index contributed by atoms with van der Waals surface area (Å²) in [6.07, 6.45) is 8.92. The normalized spacial score (nSPS) is 39.9. The van der Waals surface area contributed by atoms with Crippen molar-refractivity contribution < 1.29 is 9.84 Å². The Morgan fingerprint density at radius 1 is 1.00 bits per heavy atom. The molecule has 2 nitrogen and oxygen atoms in total.